The number of fused-ring (bicyclic) bond motifs is 1. The minimum Gasteiger partial charge on any atom is -0.320 e. The van der Waals surface area contributed by atoms with Crippen LogP contribution in [0.15, 0.2) is 18.2 Å². The first-order valence-corrected chi connectivity index (χ1v) is 5.12. The van der Waals surface area contributed by atoms with Crippen molar-refractivity contribution in [3.8, 4) is 0 Å². The van der Waals surface area contributed by atoms with Crippen molar-refractivity contribution in [3.63, 3.8) is 0 Å². The Morgan fingerprint density at radius 1 is 1.50 bits per heavy atom. The number of hydrogen-bond donors (Lipinski definition) is 1. The van der Waals surface area contributed by atoms with Crippen molar-refractivity contribution in [1.29, 1.82) is 0 Å². The largest absolute Gasteiger partial charge is 0.320 e. The lowest BCUT2D eigenvalue weighted by Gasteiger charge is -2.25. The summed E-state index contributed by atoms with van der Waals surface area (Å²) in [6, 6.07) is 3.74. The van der Waals surface area contributed by atoms with Gasteiger partial charge in [-0.15, -0.1) is 0 Å². The molecule has 1 amide bonds. The SMILES string of the molecule is CC1c2ccc(Cl)cc2NC(=O)C1[N+](=O)[O-]. The van der Waals surface area contributed by atoms with Gasteiger partial charge in [0.2, 0.25) is 0 Å². The second kappa shape index (κ2) is 3.75. The van der Waals surface area contributed by atoms with E-state index in [1.165, 1.54) is 0 Å². The highest BCUT2D eigenvalue weighted by atomic mass is 35.5. The van der Waals surface area contributed by atoms with Gasteiger partial charge in [-0.05, 0) is 17.7 Å². The molecule has 2 rings (SSSR count). The molecule has 1 N–H and O–H groups in total. The molecule has 1 aliphatic rings. The Kier molecular flexibility index (Phi) is 2.55. The monoisotopic (exact) mass is 240 g/mol. The third-order valence-electron chi connectivity index (χ3n) is 2.73. The van der Waals surface area contributed by atoms with Gasteiger partial charge in [-0.25, -0.2) is 0 Å². The van der Waals surface area contributed by atoms with Crippen LogP contribution in [0.25, 0.3) is 0 Å². The van der Waals surface area contributed by atoms with E-state index in [0.29, 0.717) is 10.7 Å². The van der Waals surface area contributed by atoms with Crippen molar-refractivity contribution in [1.82, 2.24) is 0 Å². The second-order valence-corrected chi connectivity index (χ2v) is 4.18. The summed E-state index contributed by atoms with van der Waals surface area (Å²) in [6.07, 6.45) is 0. The van der Waals surface area contributed by atoms with Gasteiger partial charge in [-0.3, -0.25) is 14.9 Å². The molecule has 0 aromatic heterocycles. The van der Waals surface area contributed by atoms with Crippen LogP contribution < -0.4 is 5.32 Å². The number of rotatable bonds is 1. The van der Waals surface area contributed by atoms with Crippen LogP contribution in [0.4, 0.5) is 5.69 Å². The van der Waals surface area contributed by atoms with Gasteiger partial charge < -0.3 is 5.32 Å². The Morgan fingerprint density at radius 2 is 2.19 bits per heavy atom. The highest BCUT2D eigenvalue weighted by molar-refractivity contribution is 6.31. The first kappa shape index (κ1) is 10.9. The Labute approximate surface area is 96.6 Å². The van der Waals surface area contributed by atoms with Gasteiger partial charge in [0.25, 0.3) is 11.9 Å². The fourth-order valence-electron chi connectivity index (χ4n) is 1.92. The van der Waals surface area contributed by atoms with Gasteiger partial charge in [-0.2, -0.15) is 0 Å². The van der Waals surface area contributed by atoms with E-state index in [2.05, 4.69) is 5.32 Å². The lowest BCUT2D eigenvalue weighted by molar-refractivity contribution is -0.510. The van der Waals surface area contributed by atoms with E-state index in [0.717, 1.165) is 5.56 Å². The summed E-state index contributed by atoms with van der Waals surface area (Å²) in [7, 11) is 0. The molecule has 0 saturated carbocycles. The number of nitrogens with zero attached hydrogens (tertiary/aromatic N) is 1. The highest BCUT2D eigenvalue weighted by Crippen LogP contribution is 2.34. The molecule has 2 atom stereocenters. The molecule has 0 fully saturated rings. The number of carbonyl (C=O) groups is 1. The van der Waals surface area contributed by atoms with Crippen molar-refractivity contribution in [2.24, 2.45) is 0 Å². The minimum atomic E-state index is -1.23. The van der Waals surface area contributed by atoms with Gasteiger partial charge in [0, 0.05) is 15.6 Å². The third-order valence-corrected chi connectivity index (χ3v) is 2.97. The van der Waals surface area contributed by atoms with E-state index < -0.39 is 22.8 Å². The first-order chi connectivity index (χ1) is 7.50. The van der Waals surface area contributed by atoms with Crippen LogP contribution in [0, 0.1) is 10.1 Å². The average molecular weight is 241 g/mol. The molecule has 16 heavy (non-hydrogen) atoms. The lowest BCUT2D eigenvalue weighted by Crippen LogP contribution is -2.42. The molecule has 0 bridgehead atoms. The summed E-state index contributed by atoms with van der Waals surface area (Å²) in [4.78, 5) is 21.7. The van der Waals surface area contributed by atoms with Gasteiger partial charge in [0.1, 0.15) is 0 Å². The van der Waals surface area contributed by atoms with E-state index >= 15 is 0 Å². The highest BCUT2D eigenvalue weighted by Gasteiger charge is 2.41. The maximum atomic E-state index is 11.5. The van der Waals surface area contributed by atoms with Gasteiger partial charge in [0.15, 0.2) is 0 Å². The van der Waals surface area contributed by atoms with Crippen LogP contribution in [0.1, 0.15) is 18.4 Å². The number of carbonyl (C=O) groups excluding carboxylic acids is 1. The van der Waals surface area contributed by atoms with Gasteiger partial charge in [0.05, 0.1) is 5.92 Å². The van der Waals surface area contributed by atoms with Crippen molar-refractivity contribution in [3.05, 3.63) is 38.9 Å². The van der Waals surface area contributed by atoms with E-state index in [9.17, 15) is 14.9 Å². The average Bonchev–Trinajstić information content (AvgIpc) is 2.15. The summed E-state index contributed by atoms with van der Waals surface area (Å²) in [5.74, 6) is -1.04. The quantitative estimate of drug-likeness (QED) is 0.603. The molecule has 1 aliphatic heterocycles. The second-order valence-electron chi connectivity index (χ2n) is 3.74. The molecule has 0 saturated heterocycles. The van der Waals surface area contributed by atoms with E-state index in [4.69, 9.17) is 11.6 Å². The number of anilines is 1. The van der Waals surface area contributed by atoms with Crippen LogP contribution in [0.3, 0.4) is 0 Å². The topological polar surface area (TPSA) is 72.2 Å². The van der Waals surface area contributed by atoms with Crippen molar-refractivity contribution < 1.29 is 9.72 Å². The number of hydrogen-bond acceptors (Lipinski definition) is 3. The fraction of sp³-hybridized carbons (Fsp3) is 0.300. The summed E-state index contributed by atoms with van der Waals surface area (Å²) >= 11 is 5.79. The summed E-state index contributed by atoms with van der Waals surface area (Å²) < 4.78 is 0. The smallest absolute Gasteiger partial charge is 0.299 e. The molecule has 6 heteroatoms. The predicted octanol–water partition coefficient (Wildman–Crippen LogP) is 2.04. The zero-order valence-corrected chi connectivity index (χ0v) is 9.19. The van der Waals surface area contributed by atoms with Gasteiger partial charge in [-0.1, -0.05) is 24.6 Å². The number of nitro groups is 1. The first-order valence-electron chi connectivity index (χ1n) is 4.74. The summed E-state index contributed by atoms with van der Waals surface area (Å²) in [6.45, 7) is 1.67. The van der Waals surface area contributed by atoms with E-state index in [1.54, 1.807) is 25.1 Å². The normalized spacial score (nSPS) is 23.5. The Hall–Kier alpha value is -1.62. The third kappa shape index (κ3) is 1.63. The van der Waals surface area contributed by atoms with E-state index in [-0.39, 0.29) is 0 Å². The number of amides is 1. The van der Waals surface area contributed by atoms with Crippen LogP contribution >= 0.6 is 11.6 Å². The van der Waals surface area contributed by atoms with Crippen molar-refractivity contribution in [2.45, 2.75) is 18.9 Å². The zero-order chi connectivity index (χ0) is 11.9. The van der Waals surface area contributed by atoms with Crippen molar-refractivity contribution >= 4 is 23.2 Å². The molecule has 0 radical (unpaired) electrons. The minimum absolute atomic E-state index is 0.448. The Morgan fingerprint density at radius 3 is 2.81 bits per heavy atom. The maximum absolute atomic E-state index is 11.5. The number of nitrogens with one attached hydrogen (secondary N) is 1. The Bertz CT molecular complexity index is 475. The summed E-state index contributed by atoms with van der Waals surface area (Å²) in [5.41, 5.74) is 1.30. The van der Waals surface area contributed by atoms with Crippen LogP contribution in [-0.2, 0) is 4.79 Å². The maximum Gasteiger partial charge on any atom is 0.299 e. The zero-order valence-electron chi connectivity index (χ0n) is 8.44. The van der Waals surface area contributed by atoms with Crippen LogP contribution in [-0.4, -0.2) is 16.9 Å². The predicted molar refractivity (Wildman–Crippen MR) is 59.3 cm³/mol. The van der Waals surface area contributed by atoms with Crippen LogP contribution in [0.2, 0.25) is 5.02 Å². The molecular formula is C10H9ClN2O3. The lowest BCUT2D eigenvalue weighted by atomic mass is 9.88. The Balaban J connectivity index is 2.49. The molecule has 0 spiro atoms. The molecule has 1 aromatic carbocycles. The standard InChI is InChI=1S/C10H9ClN2O3/c1-5-7-3-2-6(11)4-8(7)12-10(14)9(5)13(15)16/h2-5,9H,1H3,(H,12,14). The molecule has 2 unspecified atom stereocenters. The van der Waals surface area contributed by atoms with Crippen molar-refractivity contribution in [2.75, 3.05) is 5.32 Å². The van der Waals surface area contributed by atoms with E-state index in [1.807, 2.05) is 0 Å². The summed E-state index contributed by atoms with van der Waals surface area (Å²) in [5, 5.41) is 13.8. The number of halogens is 1. The van der Waals surface area contributed by atoms with Gasteiger partial charge >= 0.3 is 0 Å². The fourth-order valence-corrected chi connectivity index (χ4v) is 2.09. The molecule has 1 aromatic rings. The molecule has 5 nitrogen and oxygen atoms in total. The van der Waals surface area contributed by atoms with Crippen LogP contribution in [0.5, 0.6) is 0 Å². The molecule has 84 valence electrons. The molecule has 0 aliphatic carbocycles. The molecule has 1 heterocycles. The molecular weight excluding hydrogens is 232 g/mol. The number of benzene rings is 1.